The van der Waals surface area contributed by atoms with Crippen LogP contribution in [0.5, 0.6) is 0 Å². The summed E-state index contributed by atoms with van der Waals surface area (Å²) in [5.41, 5.74) is 8.20. The molecule has 5 rings (SSSR count). The smallest absolute Gasteiger partial charge is 0.407 e. The number of amidine groups is 1. The topological polar surface area (TPSA) is 137 Å². The first-order chi connectivity index (χ1) is 20.5. The van der Waals surface area contributed by atoms with Crippen molar-refractivity contribution in [3.63, 3.8) is 0 Å². The highest BCUT2D eigenvalue weighted by molar-refractivity contribution is 6.05. The van der Waals surface area contributed by atoms with E-state index in [1.54, 1.807) is 6.07 Å². The Balaban J connectivity index is 1.44. The number of carbonyl (C=O) groups is 3. The maximum absolute atomic E-state index is 13.9. The normalized spacial score (nSPS) is 17.4. The standard InChI is InChI=1S/C33H37N5O5/c1-20(39)43-37-30(34)23-13-12-22-18-29(38(28(22)19-23)27-11-7-9-21-8-5-6-10-26(21)27)31(40)35-24-14-16-25(17-15-24)36-32(41)42-33(2,3)4/h5-13,18-19,24-25H,14-17H2,1-4H3,(H2,34,37)(H,35,40)(H,36,41). The summed E-state index contributed by atoms with van der Waals surface area (Å²) in [6.45, 7) is 6.76. The van der Waals surface area contributed by atoms with Gasteiger partial charge in [0.25, 0.3) is 5.91 Å². The van der Waals surface area contributed by atoms with Gasteiger partial charge in [0.1, 0.15) is 11.3 Å². The number of nitrogens with one attached hydrogen (secondary N) is 2. The molecular weight excluding hydrogens is 546 g/mol. The number of nitrogens with two attached hydrogens (primary N) is 1. The molecule has 1 heterocycles. The van der Waals surface area contributed by atoms with Gasteiger partial charge >= 0.3 is 12.1 Å². The minimum atomic E-state index is -0.572. The fraction of sp³-hybridized carbons (Fsp3) is 0.333. The van der Waals surface area contributed by atoms with Gasteiger partial charge in [-0.05, 0) is 70.0 Å². The van der Waals surface area contributed by atoms with E-state index in [0.29, 0.717) is 11.3 Å². The highest BCUT2D eigenvalue weighted by Crippen LogP contribution is 2.31. The van der Waals surface area contributed by atoms with Crippen molar-refractivity contribution < 1.29 is 24.0 Å². The van der Waals surface area contributed by atoms with Crippen molar-refractivity contribution >= 4 is 45.5 Å². The SMILES string of the molecule is CC(=O)ON=C(N)c1ccc2cc(C(=O)NC3CCC(NC(=O)OC(C)(C)C)CC3)n(-c3cccc4ccccc34)c2c1. The molecule has 1 saturated carbocycles. The van der Waals surface area contributed by atoms with E-state index in [2.05, 4.69) is 15.8 Å². The zero-order valence-corrected chi connectivity index (χ0v) is 24.8. The van der Waals surface area contributed by atoms with Gasteiger partial charge in [0.2, 0.25) is 0 Å². The van der Waals surface area contributed by atoms with Crippen LogP contribution in [0.25, 0.3) is 27.4 Å². The Bertz CT molecular complexity index is 1700. The van der Waals surface area contributed by atoms with Crippen molar-refractivity contribution in [1.82, 2.24) is 15.2 Å². The Hall–Kier alpha value is -4.86. The van der Waals surface area contributed by atoms with Gasteiger partial charge < -0.3 is 30.5 Å². The number of amides is 2. The molecule has 1 aromatic heterocycles. The summed E-state index contributed by atoms with van der Waals surface area (Å²) >= 11 is 0. The molecule has 1 aliphatic rings. The van der Waals surface area contributed by atoms with Crippen LogP contribution in [-0.2, 0) is 14.4 Å². The van der Waals surface area contributed by atoms with Crippen LogP contribution in [0.3, 0.4) is 0 Å². The molecule has 4 N–H and O–H groups in total. The average molecular weight is 584 g/mol. The lowest BCUT2D eigenvalue weighted by molar-refractivity contribution is -0.140. The highest BCUT2D eigenvalue weighted by atomic mass is 16.7. The fourth-order valence-electron chi connectivity index (χ4n) is 5.47. The van der Waals surface area contributed by atoms with Crippen molar-refractivity contribution in [3.8, 4) is 5.69 Å². The zero-order valence-electron chi connectivity index (χ0n) is 24.8. The number of aromatic nitrogens is 1. The Morgan fingerprint density at radius 2 is 1.56 bits per heavy atom. The second-order valence-electron chi connectivity index (χ2n) is 11.9. The number of rotatable bonds is 6. The van der Waals surface area contributed by atoms with Crippen LogP contribution in [0.1, 0.15) is 69.4 Å². The first-order valence-corrected chi connectivity index (χ1v) is 14.4. The van der Waals surface area contributed by atoms with Crippen LogP contribution >= 0.6 is 0 Å². The molecule has 10 nitrogen and oxygen atoms in total. The van der Waals surface area contributed by atoms with E-state index in [0.717, 1.165) is 53.0 Å². The maximum atomic E-state index is 13.9. The Labute approximate surface area is 250 Å². The molecule has 0 aliphatic heterocycles. The zero-order chi connectivity index (χ0) is 30.7. The summed E-state index contributed by atoms with van der Waals surface area (Å²) in [5.74, 6) is -0.724. The van der Waals surface area contributed by atoms with Crippen molar-refractivity contribution in [3.05, 3.63) is 78.0 Å². The van der Waals surface area contributed by atoms with Gasteiger partial charge in [-0.2, -0.15) is 0 Å². The Morgan fingerprint density at radius 1 is 0.884 bits per heavy atom. The number of nitrogens with zero attached hydrogens (tertiary/aromatic N) is 2. The largest absolute Gasteiger partial charge is 0.444 e. The monoisotopic (exact) mass is 583 g/mol. The molecule has 0 unspecified atom stereocenters. The molecule has 4 aromatic rings. The lowest BCUT2D eigenvalue weighted by atomic mass is 9.91. The minimum Gasteiger partial charge on any atom is -0.444 e. The summed E-state index contributed by atoms with van der Waals surface area (Å²) in [7, 11) is 0. The van der Waals surface area contributed by atoms with Crippen molar-refractivity contribution in [2.24, 2.45) is 10.9 Å². The molecule has 0 spiro atoms. The van der Waals surface area contributed by atoms with E-state index in [-0.39, 0.29) is 23.8 Å². The summed E-state index contributed by atoms with van der Waals surface area (Å²) in [6.07, 6.45) is 2.52. The van der Waals surface area contributed by atoms with Gasteiger partial charge in [0.15, 0.2) is 5.84 Å². The third kappa shape index (κ3) is 6.97. The first-order valence-electron chi connectivity index (χ1n) is 14.4. The summed E-state index contributed by atoms with van der Waals surface area (Å²) < 4.78 is 7.33. The van der Waals surface area contributed by atoms with Gasteiger partial charge in [-0.1, -0.05) is 53.7 Å². The van der Waals surface area contributed by atoms with Crippen molar-refractivity contribution in [2.75, 3.05) is 0 Å². The van der Waals surface area contributed by atoms with E-state index < -0.39 is 17.7 Å². The van der Waals surface area contributed by atoms with Crippen LogP contribution < -0.4 is 16.4 Å². The number of oxime groups is 1. The van der Waals surface area contributed by atoms with Gasteiger partial charge in [-0.25, -0.2) is 9.59 Å². The predicted octanol–water partition coefficient (Wildman–Crippen LogP) is 5.53. The average Bonchev–Trinajstić information content (AvgIpc) is 3.34. The Morgan fingerprint density at radius 3 is 2.26 bits per heavy atom. The van der Waals surface area contributed by atoms with E-state index >= 15 is 0 Å². The number of alkyl carbamates (subject to hydrolysis) is 1. The molecule has 43 heavy (non-hydrogen) atoms. The molecule has 10 heteroatoms. The quantitative estimate of drug-likeness (QED) is 0.118. The molecule has 0 atom stereocenters. The third-order valence-corrected chi connectivity index (χ3v) is 7.40. The number of hydrogen-bond donors (Lipinski definition) is 3. The van der Waals surface area contributed by atoms with Crippen LogP contribution in [0, 0.1) is 0 Å². The van der Waals surface area contributed by atoms with E-state index in [9.17, 15) is 14.4 Å². The van der Waals surface area contributed by atoms with Crippen LogP contribution in [0.2, 0.25) is 0 Å². The van der Waals surface area contributed by atoms with E-state index in [1.807, 2.05) is 86.0 Å². The molecule has 0 bridgehead atoms. The third-order valence-electron chi connectivity index (χ3n) is 7.40. The number of hydrogen-bond acceptors (Lipinski definition) is 6. The number of fused-ring (bicyclic) bond motifs is 2. The summed E-state index contributed by atoms with van der Waals surface area (Å²) in [4.78, 5) is 42.1. The van der Waals surface area contributed by atoms with Crippen LogP contribution in [0.4, 0.5) is 4.79 Å². The van der Waals surface area contributed by atoms with Crippen molar-refractivity contribution in [1.29, 1.82) is 0 Å². The summed E-state index contributed by atoms with van der Waals surface area (Å²) in [6, 6.07) is 21.3. The lowest BCUT2D eigenvalue weighted by Crippen LogP contribution is -2.45. The van der Waals surface area contributed by atoms with E-state index in [4.69, 9.17) is 15.3 Å². The van der Waals surface area contributed by atoms with Gasteiger partial charge in [-0.3, -0.25) is 4.79 Å². The lowest BCUT2D eigenvalue weighted by Gasteiger charge is -2.30. The number of ether oxygens (including phenoxy) is 1. The molecule has 1 aliphatic carbocycles. The van der Waals surface area contributed by atoms with Gasteiger partial charge in [0, 0.05) is 35.3 Å². The number of benzene rings is 3. The van der Waals surface area contributed by atoms with Gasteiger partial charge in [-0.15, -0.1) is 0 Å². The number of carbonyl (C=O) groups excluding carboxylic acids is 3. The molecule has 3 aromatic carbocycles. The molecule has 0 radical (unpaired) electrons. The molecular formula is C33H37N5O5. The molecule has 0 saturated heterocycles. The fourth-order valence-corrected chi connectivity index (χ4v) is 5.47. The molecule has 1 fully saturated rings. The first kappa shape index (κ1) is 29.6. The highest BCUT2D eigenvalue weighted by Gasteiger charge is 2.27. The summed E-state index contributed by atoms with van der Waals surface area (Å²) in [5, 5.41) is 12.8. The van der Waals surface area contributed by atoms with Crippen LogP contribution in [0.15, 0.2) is 71.9 Å². The molecule has 2 amide bonds. The second-order valence-corrected chi connectivity index (χ2v) is 11.9. The molecule has 224 valence electrons. The van der Waals surface area contributed by atoms with Crippen LogP contribution in [-0.4, -0.2) is 46.1 Å². The maximum Gasteiger partial charge on any atom is 0.407 e. The van der Waals surface area contributed by atoms with E-state index in [1.165, 1.54) is 6.92 Å². The Kier molecular flexibility index (Phi) is 8.38. The predicted molar refractivity (Wildman–Crippen MR) is 166 cm³/mol. The second kappa shape index (κ2) is 12.2. The van der Waals surface area contributed by atoms with Crippen molar-refractivity contribution in [2.45, 2.75) is 71.1 Å². The van der Waals surface area contributed by atoms with Gasteiger partial charge in [0.05, 0.1) is 11.2 Å². The minimum absolute atomic E-state index is 0.00246.